The molecule has 1 aliphatic rings. The summed E-state index contributed by atoms with van der Waals surface area (Å²) in [5.41, 5.74) is 4.40. The average Bonchev–Trinajstić information content (AvgIpc) is 2.18. The zero-order valence-electron chi connectivity index (χ0n) is 8.88. The van der Waals surface area contributed by atoms with E-state index in [9.17, 15) is 0 Å². The number of hydrogen-bond acceptors (Lipinski definition) is 4. The van der Waals surface area contributed by atoms with Crippen LogP contribution in [-0.2, 0) is 0 Å². The molecule has 4 heteroatoms. The molecule has 0 spiro atoms. The SMILES string of the molecule is CCN/N=C\C(=N)C1=CCCN(C)C1. The minimum atomic E-state index is 0.512. The first-order valence-corrected chi connectivity index (χ1v) is 4.96. The quantitative estimate of drug-likeness (QED) is 0.515. The normalized spacial score (nSPS) is 18.3. The Hall–Kier alpha value is -1.16. The highest BCUT2D eigenvalue weighted by molar-refractivity contribution is 6.36. The summed E-state index contributed by atoms with van der Waals surface area (Å²) in [6.07, 6.45) is 4.73. The molecular weight excluding hydrogens is 176 g/mol. The third-order valence-electron chi connectivity index (χ3n) is 2.13. The highest BCUT2D eigenvalue weighted by atomic mass is 15.3. The lowest BCUT2D eigenvalue weighted by atomic mass is 10.1. The fourth-order valence-electron chi connectivity index (χ4n) is 1.37. The number of hydrogen-bond donors (Lipinski definition) is 2. The highest BCUT2D eigenvalue weighted by Crippen LogP contribution is 2.07. The molecule has 0 radical (unpaired) electrons. The second-order valence-corrected chi connectivity index (χ2v) is 3.44. The van der Waals surface area contributed by atoms with Crippen LogP contribution < -0.4 is 5.43 Å². The predicted molar refractivity (Wildman–Crippen MR) is 60.1 cm³/mol. The first-order valence-electron chi connectivity index (χ1n) is 4.96. The Kier molecular flexibility index (Phi) is 4.32. The third kappa shape index (κ3) is 3.30. The van der Waals surface area contributed by atoms with Crippen molar-refractivity contribution in [2.45, 2.75) is 13.3 Å². The molecule has 0 fully saturated rings. The largest absolute Gasteiger partial charge is 0.310 e. The van der Waals surface area contributed by atoms with Crippen LogP contribution in [0.3, 0.4) is 0 Å². The number of rotatable bonds is 4. The molecule has 1 aliphatic heterocycles. The van der Waals surface area contributed by atoms with Crippen LogP contribution in [0.4, 0.5) is 0 Å². The molecule has 0 aliphatic carbocycles. The molecule has 2 N–H and O–H groups in total. The highest BCUT2D eigenvalue weighted by Gasteiger charge is 2.10. The van der Waals surface area contributed by atoms with E-state index in [4.69, 9.17) is 5.41 Å². The maximum Gasteiger partial charge on any atom is 0.0782 e. The summed E-state index contributed by atoms with van der Waals surface area (Å²) >= 11 is 0. The van der Waals surface area contributed by atoms with Crippen LogP contribution in [0.15, 0.2) is 16.8 Å². The number of nitrogens with zero attached hydrogens (tertiary/aromatic N) is 2. The van der Waals surface area contributed by atoms with Crippen molar-refractivity contribution in [2.75, 3.05) is 26.7 Å². The van der Waals surface area contributed by atoms with Crippen LogP contribution in [0.25, 0.3) is 0 Å². The Labute approximate surface area is 85.2 Å². The second-order valence-electron chi connectivity index (χ2n) is 3.44. The Balaban J connectivity index is 2.48. The van der Waals surface area contributed by atoms with Gasteiger partial charge in [-0.1, -0.05) is 6.08 Å². The van der Waals surface area contributed by atoms with Crippen molar-refractivity contribution in [3.63, 3.8) is 0 Å². The van der Waals surface area contributed by atoms with Gasteiger partial charge in [-0.15, -0.1) is 0 Å². The average molecular weight is 194 g/mol. The van der Waals surface area contributed by atoms with E-state index in [1.54, 1.807) is 6.21 Å². The van der Waals surface area contributed by atoms with E-state index in [1.165, 1.54) is 0 Å². The van der Waals surface area contributed by atoms with Gasteiger partial charge in [-0.2, -0.15) is 5.10 Å². The molecule has 0 amide bonds. The van der Waals surface area contributed by atoms with E-state index in [0.717, 1.165) is 31.6 Å². The van der Waals surface area contributed by atoms with Gasteiger partial charge >= 0.3 is 0 Å². The smallest absolute Gasteiger partial charge is 0.0782 e. The Morgan fingerprint density at radius 2 is 2.57 bits per heavy atom. The lowest BCUT2D eigenvalue weighted by Gasteiger charge is -2.22. The van der Waals surface area contributed by atoms with Gasteiger partial charge < -0.3 is 10.3 Å². The minimum Gasteiger partial charge on any atom is -0.310 e. The van der Waals surface area contributed by atoms with E-state index >= 15 is 0 Å². The molecule has 0 aromatic carbocycles. The van der Waals surface area contributed by atoms with Gasteiger partial charge in [0, 0.05) is 19.6 Å². The molecule has 1 heterocycles. The standard InChI is InChI=1S/C10H18N4/c1-3-12-13-7-10(11)9-5-4-6-14(2)8-9/h5,7,11-12H,3-4,6,8H2,1-2H3/b11-10?,13-7-. The summed E-state index contributed by atoms with van der Waals surface area (Å²) in [6.45, 7) is 4.72. The summed E-state index contributed by atoms with van der Waals surface area (Å²) in [5.74, 6) is 0. The molecule has 0 saturated carbocycles. The molecule has 78 valence electrons. The van der Waals surface area contributed by atoms with Gasteiger partial charge in [-0.05, 0) is 26.0 Å². The zero-order chi connectivity index (χ0) is 10.4. The van der Waals surface area contributed by atoms with Gasteiger partial charge in [0.2, 0.25) is 0 Å². The van der Waals surface area contributed by atoms with Crippen LogP contribution in [0.2, 0.25) is 0 Å². The van der Waals surface area contributed by atoms with Gasteiger partial charge in [-0.25, -0.2) is 0 Å². The predicted octanol–water partition coefficient (Wildman–Crippen LogP) is 0.863. The van der Waals surface area contributed by atoms with Crippen molar-refractivity contribution >= 4 is 11.9 Å². The van der Waals surface area contributed by atoms with Crippen molar-refractivity contribution in [3.8, 4) is 0 Å². The fourth-order valence-corrected chi connectivity index (χ4v) is 1.37. The monoisotopic (exact) mass is 194 g/mol. The minimum absolute atomic E-state index is 0.512. The lowest BCUT2D eigenvalue weighted by Crippen LogP contribution is -2.28. The van der Waals surface area contributed by atoms with Crippen molar-refractivity contribution in [1.29, 1.82) is 5.41 Å². The maximum atomic E-state index is 7.77. The van der Waals surface area contributed by atoms with E-state index in [-0.39, 0.29) is 0 Å². The van der Waals surface area contributed by atoms with Crippen molar-refractivity contribution in [2.24, 2.45) is 5.10 Å². The molecule has 4 nitrogen and oxygen atoms in total. The molecule has 0 atom stereocenters. The van der Waals surface area contributed by atoms with Crippen LogP contribution in [0.1, 0.15) is 13.3 Å². The van der Waals surface area contributed by atoms with Crippen molar-refractivity contribution in [1.82, 2.24) is 10.3 Å². The van der Waals surface area contributed by atoms with Crippen LogP contribution in [0.5, 0.6) is 0 Å². The van der Waals surface area contributed by atoms with Gasteiger partial charge in [0.15, 0.2) is 0 Å². The number of nitrogens with one attached hydrogen (secondary N) is 2. The summed E-state index contributed by atoms with van der Waals surface area (Å²) < 4.78 is 0. The maximum absolute atomic E-state index is 7.77. The summed E-state index contributed by atoms with van der Waals surface area (Å²) in [6, 6.07) is 0. The Morgan fingerprint density at radius 1 is 1.79 bits per heavy atom. The molecular formula is C10H18N4. The molecule has 0 aromatic heterocycles. The second kappa shape index (κ2) is 5.54. The van der Waals surface area contributed by atoms with Gasteiger partial charge in [0.25, 0.3) is 0 Å². The summed E-state index contributed by atoms with van der Waals surface area (Å²) in [4.78, 5) is 2.21. The lowest BCUT2D eigenvalue weighted by molar-refractivity contribution is 0.360. The Morgan fingerprint density at radius 3 is 3.21 bits per heavy atom. The third-order valence-corrected chi connectivity index (χ3v) is 2.13. The molecule has 0 unspecified atom stereocenters. The van der Waals surface area contributed by atoms with Crippen molar-refractivity contribution in [3.05, 3.63) is 11.6 Å². The van der Waals surface area contributed by atoms with E-state index in [2.05, 4.69) is 28.6 Å². The van der Waals surface area contributed by atoms with E-state index in [0.29, 0.717) is 5.71 Å². The molecule has 1 rings (SSSR count). The van der Waals surface area contributed by atoms with Crippen LogP contribution in [0, 0.1) is 5.41 Å². The zero-order valence-corrected chi connectivity index (χ0v) is 8.88. The number of likely N-dealkylation sites (N-methyl/N-ethyl adjacent to an activating group) is 1. The van der Waals surface area contributed by atoms with Gasteiger partial charge in [0.1, 0.15) is 0 Å². The van der Waals surface area contributed by atoms with Crippen LogP contribution >= 0.6 is 0 Å². The Bertz CT molecular complexity index is 255. The van der Waals surface area contributed by atoms with Gasteiger partial charge in [0.05, 0.1) is 11.9 Å². The molecule has 0 saturated heterocycles. The van der Waals surface area contributed by atoms with E-state index < -0.39 is 0 Å². The molecule has 0 aromatic rings. The fraction of sp³-hybridized carbons (Fsp3) is 0.600. The van der Waals surface area contributed by atoms with Gasteiger partial charge in [-0.3, -0.25) is 5.41 Å². The molecule has 0 bridgehead atoms. The molecule has 14 heavy (non-hydrogen) atoms. The summed E-state index contributed by atoms with van der Waals surface area (Å²) in [5, 5.41) is 11.7. The first kappa shape index (κ1) is 10.9. The summed E-state index contributed by atoms with van der Waals surface area (Å²) in [7, 11) is 2.07. The van der Waals surface area contributed by atoms with E-state index in [1.807, 2.05) is 6.92 Å². The number of hydrazone groups is 1. The van der Waals surface area contributed by atoms with Crippen LogP contribution in [-0.4, -0.2) is 43.5 Å². The topological polar surface area (TPSA) is 51.5 Å². The first-order chi connectivity index (χ1) is 6.74. The van der Waals surface area contributed by atoms with Crippen molar-refractivity contribution < 1.29 is 0 Å².